The zero-order chi connectivity index (χ0) is 14.2. The molecule has 0 bridgehead atoms. The standard InChI is InChI=1S/C15H22O3S/c1-4-19(17,18)11(3)14-7-5-6-13(15(14)16)10(2)12-8-9-12/h5-7,10-12,16H,4,8-9H2,1-3H3/t10-,11-/m0/s1. The third kappa shape index (κ3) is 2.78. The predicted molar refractivity (Wildman–Crippen MR) is 77.1 cm³/mol. The Kier molecular flexibility index (Phi) is 3.90. The van der Waals surface area contributed by atoms with Crippen LogP contribution in [-0.2, 0) is 9.84 Å². The van der Waals surface area contributed by atoms with Crippen molar-refractivity contribution >= 4 is 9.84 Å². The van der Waals surface area contributed by atoms with Crippen LogP contribution in [0.1, 0.15) is 55.9 Å². The van der Waals surface area contributed by atoms with Crippen molar-refractivity contribution < 1.29 is 13.5 Å². The molecule has 1 saturated carbocycles. The van der Waals surface area contributed by atoms with Gasteiger partial charge in [0.25, 0.3) is 0 Å². The molecule has 4 heteroatoms. The Morgan fingerprint density at radius 2 is 1.84 bits per heavy atom. The van der Waals surface area contributed by atoms with Gasteiger partial charge in [0.05, 0.1) is 5.25 Å². The molecular weight excluding hydrogens is 260 g/mol. The Hall–Kier alpha value is -1.03. The highest BCUT2D eigenvalue weighted by Crippen LogP contribution is 2.46. The molecule has 1 aliphatic rings. The minimum atomic E-state index is -3.18. The molecule has 19 heavy (non-hydrogen) atoms. The molecule has 1 aromatic rings. The van der Waals surface area contributed by atoms with E-state index >= 15 is 0 Å². The molecule has 1 aliphatic carbocycles. The van der Waals surface area contributed by atoms with E-state index < -0.39 is 15.1 Å². The molecule has 0 aliphatic heterocycles. The summed E-state index contributed by atoms with van der Waals surface area (Å²) < 4.78 is 23.9. The van der Waals surface area contributed by atoms with Crippen LogP contribution in [0.3, 0.4) is 0 Å². The number of phenolic OH excluding ortho intramolecular Hbond substituents is 1. The average Bonchev–Trinajstić information content (AvgIpc) is 3.21. The van der Waals surface area contributed by atoms with E-state index in [-0.39, 0.29) is 11.5 Å². The molecule has 3 nitrogen and oxygen atoms in total. The third-order valence-corrected chi connectivity index (χ3v) is 6.43. The molecular formula is C15H22O3S. The summed E-state index contributed by atoms with van der Waals surface area (Å²) in [4.78, 5) is 0. The van der Waals surface area contributed by atoms with E-state index in [1.54, 1.807) is 19.9 Å². The third-order valence-electron chi connectivity index (χ3n) is 4.30. The highest BCUT2D eigenvalue weighted by atomic mass is 32.2. The maximum absolute atomic E-state index is 12.0. The molecule has 1 fully saturated rings. The molecule has 0 amide bonds. The maximum Gasteiger partial charge on any atom is 0.156 e. The fraction of sp³-hybridized carbons (Fsp3) is 0.600. The van der Waals surface area contributed by atoms with E-state index in [0.717, 1.165) is 5.56 Å². The van der Waals surface area contributed by atoms with Crippen LogP contribution in [0.5, 0.6) is 5.75 Å². The van der Waals surface area contributed by atoms with E-state index in [1.165, 1.54) is 12.8 Å². The number of hydrogen-bond acceptors (Lipinski definition) is 3. The summed E-state index contributed by atoms with van der Waals surface area (Å²) in [5.41, 5.74) is 1.42. The second kappa shape index (κ2) is 5.16. The predicted octanol–water partition coefficient (Wildman–Crippen LogP) is 3.40. The molecule has 2 atom stereocenters. The topological polar surface area (TPSA) is 54.4 Å². The molecule has 1 aromatic carbocycles. The van der Waals surface area contributed by atoms with Crippen molar-refractivity contribution in [3.05, 3.63) is 29.3 Å². The second-order valence-corrected chi connectivity index (χ2v) is 8.12. The number of para-hydroxylation sites is 1. The quantitative estimate of drug-likeness (QED) is 0.900. The van der Waals surface area contributed by atoms with Crippen LogP contribution in [0.2, 0.25) is 0 Å². The largest absolute Gasteiger partial charge is 0.507 e. The number of sulfone groups is 1. The zero-order valence-corrected chi connectivity index (χ0v) is 12.6. The van der Waals surface area contributed by atoms with Gasteiger partial charge in [-0.3, -0.25) is 0 Å². The first-order valence-electron chi connectivity index (χ1n) is 6.91. The highest BCUT2D eigenvalue weighted by Gasteiger charge is 2.32. The van der Waals surface area contributed by atoms with E-state index in [2.05, 4.69) is 6.92 Å². The molecule has 0 aromatic heterocycles. The Balaban J connectivity index is 2.39. The SMILES string of the molecule is CCS(=O)(=O)[C@@H](C)c1cccc([C@@H](C)C2CC2)c1O. The van der Waals surface area contributed by atoms with Crippen molar-refractivity contribution in [3.63, 3.8) is 0 Å². The van der Waals surface area contributed by atoms with E-state index in [4.69, 9.17) is 0 Å². The lowest BCUT2D eigenvalue weighted by molar-refractivity contribution is 0.450. The van der Waals surface area contributed by atoms with Crippen LogP contribution in [0, 0.1) is 5.92 Å². The van der Waals surface area contributed by atoms with Gasteiger partial charge in [0, 0.05) is 11.3 Å². The molecule has 1 N–H and O–H groups in total. The fourth-order valence-electron chi connectivity index (χ4n) is 2.57. The lowest BCUT2D eigenvalue weighted by Gasteiger charge is -2.19. The van der Waals surface area contributed by atoms with Gasteiger partial charge in [-0.2, -0.15) is 0 Å². The van der Waals surface area contributed by atoms with E-state index in [9.17, 15) is 13.5 Å². The number of aromatic hydroxyl groups is 1. The van der Waals surface area contributed by atoms with Crippen molar-refractivity contribution in [2.45, 2.75) is 44.8 Å². The van der Waals surface area contributed by atoms with Crippen LogP contribution in [0.25, 0.3) is 0 Å². The van der Waals surface area contributed by atoms with Crippen LogP contribution in [0.15, 0.2) is 18.2 Å². The zero-order valence-electron chi connectivity index (χ0n) is 11.8. The molecule has 0 radical (unpaired) electrons. The van der Waals surface area contributed by atoms with Gasteiger partial charge in [0.15, 0.2) is 9.84 Å². The van der Waals surface area contributed by atoms with Gasteiger partial charge < -0.3 is 5.11 Å². The molecule has 106 valence electrons. The lowest BCUT2D eigenvalue weighted by Crippen LogP contribution is -2.13. The average molecular weight is 282 g/mol. The summed E-state index contributed by atoms with van der Waals surface area (Å²) in [7, 11) is -3.18. The molecule has 0 unspecified atom stereocenters. The molecule has 0 heterocycles. The Morgan fingerprint density at radius 3 is 2.37 bits per heavy atom. The normalized spacial score (nSPS) is 19.1. The van der Waals surface area contributed by atoms with Gasteiger partial charge in [-0.15, -0.1) is 0 Å². The van der Waals surface area contributed by atoms with Crippen molar-refractivity contribution in [1.82, 2.24) is 0 Å². The Labute approximate surface area is 115 Å². The van der Waals surface area contributed by atoms with Crippen molar-refractivity contribution in [2.75, 3.05) is 5.75 Å². The maximum atomic E-state index is 12.0. The Morgan fingerprint density at radius 1 is 1.26 bits per heavy atom. The van der Waals surface area contributed by atoms with Gasteiger partial charge in [0.2, 0.25) is 0 Å². The number of rotatable bonds is 5. The van der Waals surface area contributed by atoms with Crippen molar-refractivity contribution in [2.24, 2.45) is 5.92 Å². The van der Waals surface area contributed by atoms with Crippen LogP contribution < -0.4 is 0 Å². The van der Waals surface area contributed by atoms with Gasteiger partial charge in [-0.1, -0.05) is 32.0 Å². The first kappa shape index (κ1) is 14.4. The fourth-order valence-corrected chi connectivity index (χ4v) is 3.65. The Bertz CT molecular complexity index is 559. The summed E-state index contributed by atoms with van der Waals surface area (Å²) in [6.45, 7) is 5.40. The smallest absolute Gasteiger partial charge is 0.156 e. The van der Waals surface area contributed by atoms with E-state index in [0.29, 0.717) is 17.4 Å². The first-order chi connectivity index (χ1) is 8.88. The molecule has 0 saturated heterocycles. The van der Waals surface area contributed by atoms with Crippen LogP contribution in [-0.4, -0.2) is 19.3 Å². The molecule has 0 spiro atoms. The summed E-state index contributed by atoms with van der Waals surface area (Å²) in [5.74, 6) is 1.21. The van der Waals surface area contributed by atoms with Gasteiger partial charge in [0.1, 0.15) is 5.75 Å². The summed E-state index contributed by atoms with van der Waals surface area (Å²) in [6, 6.07) is 5.48. The first-order valence-corrected chi connectivity index (χ1v) is 8.63. The van der Waals surface area contributed by atoms with Gasteiger partial charge in [-0.05, 0) is 37.2 Å². The van der Waals surface area contributed by atoms with Crippen molar-refractivity contribution in [1.29, 1.82) is 0 Å². The summed E-state index contributed by atoms with van der Waals surface area (Å²) in [6.07, 6.45) is 2.40. The van der Waals surface area contributed by atoms with Crippen LogP contribution in [0.4, 0.5) is 0 Å². The van der Waals surface area contributed by atoms with Gasteiger partial charge in [-0.25, -0.2) is 8.42 Å². The lowest BCUT2D eigenvalue weighted by atomic mass is 9.93. The van der Waals surface area contributed by atoms with E-state index in [1.807, 2.05) is 12.1 Å². The minimum absolute atomic E-state index is 0.0933. The monoisotopic (exact) mass is 282 g/mol. The summed E-state index contributed by atoms with van der Waals surface area (Å²) in [5, 5.41) is 9.75. The van der Waals surface area contributed by atoms with Gasteiger partial charge >= 0.3 is 0 Å². The number of benzene rings is 1. The van der Waals surface area contributed by atoms with Crippen LogP contribution >= 0.6 is 0 Å². The van der Waals surface area contributed by atoms with Crippen molar-refractivity contribution in [3.8, 4) is 5.75 Å². The molecule has 2 rings (SSSR count). The summed E-state index contributed by atoms with van der Waals surface area (Å²) >= 11 is 0. The number of hydrogen-bond donors (Lipinski definition) is 1. The number of phenols is 1. The minimum Gasteiger partial charge on any atom is -0.507 e. The highest BCUT2D eigenvalue weighted by molar-refractivity contribution is 7.91. The second-order valence-electron chi connectivity index (χ2n) is 5.50.